The van der Waals surface area contributed by atoms with E-state index in [4.69, 9.17) is 16.3 Å². The number of hydrogen-bond donors (Lipinski definition) is 1. The van der Waals surface area contributed by atoms with Crippen LogP contribution in [-0.4, -0.2) is 83.1 Å². The summed E-state index contributed by atoms with van der Waals surface area (Å²) >= 11 is 6.49. The van der Waals surface area contributed by atoms with Crippen molar-refractivity contribution in [1.29, 1.82) is 0 Å². The number of benzene rings is 2. The highest BCUT2D eigenvalue weighted by Gasteiger charge is 2.40. The van der Waals surface area contributed by atoms with Gasteiger partial charge in [0.1, 0.15) is 16.7 Å². The molecule has 0 spiro atoms. The molecule has 6 rings (SSSR count). The molecule has 3 aliphatic heterocycles. The van der Waals surface area contributed by atoms with Gasteiger partial charge in [-0.1, -0.05) is 50.1 Å². The van der Waals surface area contributed by atoms with Gasteiger partial charge in [0, 0.05) is 67.9 Å². The van der Waals surface area contributed by atoms with Crippen LogP contribution in [0, 0.1) is 23.7 Å². The third-order valence-electron chi connectivity index (χ3n) is 12.1. The first kappa shape index (κ1) is 37.4. The number of allylic oxidation sites excluding steroid dienone is 1. The molecule has 4 aliphatic rings. The molecule has 1 saturated heterocycles. The molecule has 2 fully saturated rings. The van der Waals surface area contributed by atoms with Gasteiger partial charge in [0.05, 0.1) is 17.5 Å². The summed E-state index contributed by atoms with van der Waals surface area (Å²) in [7, 11) is -1.50. The molecule has 274 valence electrons. The fourth-order valence-corrected chi connectivity index (χ4v) is 10.1. The van der Waals surface area contributed by atoms with E-state index in [-0.39, 0.29) is 23.0 Å². The number of aryl methyl sites for hydroxylation is 1. The van der Waals surface area contributed by atoms with Crippen molar-refractivity contribution in [2.75, 3.05) is 50.8 Å². The fraction of sp³-hybridized carbons (Fsp3) is 0.634. The summed E-state index contributed by atoms with van der Waals surface area (Å²) in [5.41, 5.74) is 4.07. The lowest BCUT2D eigenvalue weighted by molar-refractivity contribution is 0.0360. The number of hydrogen-bond acceptors (Lipinski definition) is 6. The first-order valence-corrected chi connectivity index (χ1v) is 20.8. The lowest BCUT2D eigenvalue weighted by atomic mass is 9.66. The van der Waals surface area contributed by atoms with Gasteiger partial charge in [0.25, 0.3) is 5.91 Å². The number of piperazine rings is 1. The van der Waals surface area contributed by atoms with E-state index in [2.05, 4.69) is 78.3 Å². The lowest BCUT2D eigenvalue weighted by Gasteiger charge is -2.47. The first-order valence-electron chi connectivity index (χ1n) is 19.2. The van der Waals surface area contributed by atoms with Gasteiger partial charge in [-0.05, 0) is 119 Å². The minimum Gasteiger partial charge on any atom is -0.491 e. The van der Waals surface area contributed by atoms with Crippen LogP contribution in [0.25, 0.3) is 0 Å². The van der Waals surface area contributed by atoms with E-state index in [9.17, 15) is 9.00 Å². The normalized spacial score (nSPS) is 32.0. The van der Waals surface area contributed by atoms with Gasteiger partial charge >= 0.3 is 0 Å². The molecule has 7 nitrogen and oxygen atoms in total. The Morgan fingerprint density at radius 1 is 1.04 bits per heavy atom. The Morgan fingerprint density at radius 3 is 2.58 bits per heavy atom. The Labute approximate surface area is 308 Å². The van der Waals surface area contributed by atoms with Crippen LogP contribution >= 0.6 is 11.6 Å². The smallest absolute Gasteiger partial charge is 0.263 e. The number of halogens is 1. The number of nitrogens with one attached hydrogen (secondary N) is 1. The Kier molecular flexibility index (Phi) is 12.3. The number of ether oxygens (including phenoxy) is 1. The highest BCUT2D eigenvalue weighted by Crippen LogP contribution is 2.45. The summed E-state index contributed by atoms with van der Waals surface area (Å²) < 4.78 is 22.8. The van der Waals surface area contributed by atoms with Crippen molar-refractivity contribution in [2.45, 2.75) is 96.9 Å². The van der Waals surface area contributed by atoms with Crippen LogP contribution in [0.3, 0.4) is 0 Å². The lowest BCUT2D eigenvalue weighted by Crippen LogP contribution is -2.55. The van der Waals surface area contributed by atoms with Crippen LogP contribution in [0.5, 0.6) is 5.75 Å². The number of carbonyl (C=O) groups is 1. The highest BCUT2D eigenvalue weighted by atomic mass is 35.5. The Bertz CT molecular complexity index is 1550. The molecule has 3 heterocycles. The molecule has 9 heteroatoms. The summed E-state index contributed by atoms with van der Waals surface area (Å²) in [6, 6.07) is 13.2. The molecule has 1 N–H and O–H groups in total. The van der Waals surface area contributed by atoms with Gasteiger partial charge in [0.2, 0.25) is 0 Å². The predicted octanol–water partition coefficient (Wildman–Crippen LogP) is 7.71. The van der Waals surface area contributed by atoms with Gasteiger partial charge in [-0.25, -0.2) is 4.21 Å². The van der Waals surface area contributed by atoms with Gasteiger partial charge in [-0.3, -0.25) is 19.3 Å². The minimum atomic E-state index is -1.50. The molecule has 1 aliphatic carbocycles. The maximum Gasteiger partial charge on any atom is 0.263 e. The number of anilines is 1. The third kappa shape index (κ3) is 8.46. The number of nitrogens with zero attached hydrogens (tertiary/aromatic N) is 3. The summed E-state index contributed by atoms with van der Waals surface area (Å²) in [4.78, 5) is 21.4. The molecule has 50 heavy (non-hydrogen) atoms. The summed E-state index contributed by atoms with van der Waals surface area (Å²) in [6.07, 6.45) is 10.2. The molecule has 1 saturated carbocycles. The number of fused-ring (bicyclic) bond motifs is 2. The minimum absolute atomic E-state index is 0.159. The average Bonchev–Trinajstić information content (AvgIpc) is 3.24. The average molecular weight is 723 g/mol. The predicted molar refractivity (Wildman–Crippen MR) is 208 cm³/mol. The fourth-order valence-electron chi connectivity index (χ4n) is 8.85. The van der Waals surface area contributed by atoms with Crippen molar-refractivity contribution in [3.63, 3.8) is 0 Å². The van der Waals surface area contributed by atoms with Crippen molar-refractivity contribution in [3.05, 3.63) is 70.3 Å². The van der Waals surface area contributed by atoms with Crippen LogP contribution in [-0.2, 0) is 17.4 Å². The van der Waals surface area contributed by atoms with Crippen LogP contribution in [0.4, 0.5) is 5.69 Å². The second-order valence-electron chi connectivity index (χ2n) is 15.9. The topological polar surface area (TPSA) is 65.1 Å². The Balaban J connectivity index is 1.33. The van der Waals surface area contributed by atoms with Crippen molar-refractivity contribution >= 4 is 34.2 Å². The standard InChI is InChI=1S/C41H59ClN4O3S/c1-7-9-31-20-36(42)14-16-37(31)35-25-45-24-34-12-15-38(34)33(23-44-18-19-46(27(2)3)29(5)22-44)11-8-10-28(4)30(6)50(48)43-41(47)32-13-17-40(49-26-35)39(45)21-32/h8,11,13-14,16-17,20-21,27-30,33-35,38H,7,9-10,12,15,18-19,22-26H2,1-6H3,(H,43,47)/b11-8+. The maximum absolute atomic E-state index is 13.5. The zero-order valence-corrected chi connectivity index (χ0v) is 32.6. The number of carbonyl (C=O) groups excluding carboxylic acids is 1. The number of amides is 1. The molecule has 8 unspecified atom stereocenters. The van der Waals surface area contributed by atoms with E-state index in [0.717, 1.165) is 75.0 Å². The van der Waals surface area contributed by atoms with Crippen LogP contribution in [0.2, 0.25) is 5.02 Å². The van der Waals surface area contributed by atoms with E-state index >= 15 is 0 Å². The summed E-state index contributed by atoms with van der Waals surface area (Å²) in [5.74, 6) is 2.43. The quantitative estimate of drug-likeness (QED) is 0.309. The zero-order chi connectivity index (χ0) is 35.5. The summed E-state index contributed by atoms with van der Waals surface area (Å²) in [6.45, 7) is 20.1. The van der Waals surface area contributed by atoms with Crippen molar-refractivity contribution in [3.8, 4) is 5.75 Å². The molecule has 8 atom stereocenters. The van der Waals surface area contributed by atoms with E-state index in [1.54, 1.807) is 0 Å². The molecule has 2 aromatic rings. The Morgan fingerprint density at radius 2 is 1.86 bits per heavy atom. The van der Waals surface area contributed by atoms with Crippen LogP contribution in [0.15, 0.2) is 48.6 Å². The van der Waals surface area contributed by atoms with Crippen molar-refractivity contribution in [1.82, 2.24) is 14.5 Å². The van der Waals surface area contributed by atoms with Gasteiger partial charge < -0.3 is 9.64 Å². The molecular formula is C41H59ClN4O3S. The van der Waals surface area contributed by atoms with Crippen molar-refractivity contribution < 1.29 is 13.7 Å². The summed E-state index contributed by atoms with van der Waals surface area (Å²) in [5, 5.41) is 0.600. The molecule has 1 amide bonds. The third-order valence-corrected chi connectivity index (χ3v) is 13.9. The molecule has 0 radical (unpaired) electrons. The first-order chi connectivity index (χ1) is 24.0. The highest BCUT2D eigenvalue weighted by molar-refractivity contribution is 7.84. The SMILES string of the molecule is CCCc1cc(Cl)ccc1C1COc2ccc3cc2N(C1)CC1CCC1C(CN1CCN(C(C)C)C(C)C1)/C=C/CC(C)C(C)S(=O)NC3=O. The van der Waals surface area contributed by atoms with Gasteiger partial charge in [-0.2, -0.15) is 0 Å². The van der Waals surface area contributed by atoms with E-state index in [0.29, 0.717) is 42.0 Å². The second-order valence-corrected chi connectivity index (χ2v) is 17.8. The van der Waals surface area contributed by atoms with Gasteiger partial charge in [-0.15, -0.1) is 0 Å². The van der Waals surface area contributed by atoms with Crippen LogP contribution in [0.1, 0.15) is 94.6 Å². The van der Waals surface area contributed by atoms with E-state index < -0.39 is 11.0 Å². The largest absolute Gasteiger partial charge is 0.491 e. The maximum atomic E-state index is 13.5. The van der Waals surface area contributed by atoms with E-state index in [1.165, 1.54) is 24.0 Å². The molecule has 0 aromatic heterocycles. The molecule has 2 bridgehead atoms. The van der Waals surface area contributed by atoms with E-state index in [1.807, 2.05) is 31.2 Å². The Hall–Kier alpha value is -2.39. The van der Waals surface area contributed by atoms with Crippen molar-refractivity contribution in [2.24, 2.45) is 23.7 Å². The molecule has 2 aromatic carbocycles. The monoisotopic (exact) mass is 722 g/mol. The number of rotatable bonds is 6. The van der Waals surface area contributed by atoms with Crippen LogP contribution < -0.4 is 14.4 Å². The molecular weight excluding hydrogens is 664 g/mol. The van der Waals surface area contributed by atoms with Gasteiger partial charge in [0.15, 0.2) is 0 Å². The second kappa shape index (κ2) is 16.5. The zero-order valence-electron chi connectivity index (χ0n) is 31.1.